The van der Waals surface area contributed by atoms with Crippen LogP contribution in [0.25, 0.3) is 0 Å². The molecule has 0 radical (unpaired) electrons. The van der Waals surface area contributed by atoms with Gasteiger partial charge >= 0.3 is 5.97 Å². The van der Waals surface area contributed by atoms with E-state index in [1.165, 1.54) is 11.8 Å². The van der Waals surface area contributed by atoms with Crippen LogP contribution in [0.15, 0.2) is 53.4 Å². The Hall–Kier alpha value is -2.27. The lowest BCUT2D eigenvalue weighted by Crippen LogP contribution is -2.12. The molecular weight excluding hydrogens is 310 g/mol. The molecule has 5 heteroatoms. The average Bonchev–Trinajstić information content (AvgIpc) is 2.53. The number of rotatable bonds is 6. The lowest BCUT2D eigenvalue weighted by Gasteiger charge is -2.08. The zero-order valence-corrected chi connectivity index (χ0v) is 14.0. The first-order valence-electron chi connectivity index (χ1n) is 7.35. The van der Waals surface area contributed by atoms with Crippen molar-refractivity contribution in [1.29, 1.82) is 0 Å². The summed E-state index contributed by atoms with van der Waals surface area (Å²) in [5.74, 6) is -0.142. The maximum absolute atomic E-state index is 12.2. The summed E-state index contributed by atoms with van der Waals surface area (Å²) in [5.41, 5.74) is 2.36. The number of thioether (sulfide) groups is 1. The van der Waals surface area contributed by atoms with Crippen LogP contribution in [-0.2, 0) is 9.53 Å². The third-order valence-electron chi connectivity index (χ3n) is 3.03. The van der Waals surface area contributed by atoms with Crippen molar-refractivity contribution in [3.63, 3.8) is 0 Å². The third-order valence-corrected chi connectivity index (χ3v) is 4.00. The third kappa shape index (κ3) is 5.45. The Morgan fingerprint density at radius 2 is 1.91 bits per heavy atom. The molecule has 0 unspecified atom stereocenters. The topological polar surface area (TPSA) is 55.4 Å². The maximum Gasteiger partial charge on any atom is 0.316 e. The SMILES string of the molecule is CCOC(=O)CSc1cccc(NC(=O)c2cccc(C)c2)c1. The van der Waals surface area contributed by atoms with Crippen LogP contribution in [0.3, 0.4) is 0 Å². The summed E-state index contributed by atoms with van der Waals surface area (Å²) in [5, 5.41) is 2.87. The molecule has 23 heavy (non-hydrogen) atoms. The number of ether oxygens (including phenoxy) is 1. The van der Waals surface area contributed by atoms with E-state index in [2.05, 4.69) is 5.32 Å². The quantitative estimate of drug-likeness (QED) is 0.645. The fourth-order valence-corrected chi connectivity index (χ4v) is 2.75. The Kier molecular flexibility index (Phi) is 6.23. The largest absolute Gasteiger partial charge is 0.465 e. The second-order valence-electron chi connectivity index (χ2n) is 4.95. The van der Waals surface area contributed by atoms with Gasteiger partial charge in [-0.15, -0.1) is 11.8 Å². The van der Waals surface area contributed by atoms with Crippen molar-refractivity contribution >= 4 is 29.3 Å². The summed E-state index contributed by atoms with van der Waals surface area (Å²) in [4.78, 5) is 24.5. The number of carbonyl (C=O) groups is 2. The molecule has 0 spiro atoms. The summed E-state index contributed by atoms with van der Waals surface area (Å²) < 4.78 is 4.90. The van der Waals surface area contributed by atoms with Crippen LogP contribution in [0.2, 0.25) is 0 Å². The molecule has 0 saturated carbocycles. The van der Waals surface area contributed by atoms with Crippen molar-refractivity contribution in [2.24, 2.45) is 0 Å². The molecule has 0 aliphatic rings. The molecular formula is C18H19NO3S. The minimum Gasteiger partial charge on any atom is -0.465 e. The number of hydrogen-bond donors (Lipinski definition) is 1. The predicted molar refractivity (Wildman–Crippen MR) is 92.9 cm³/mol. The monoisotopic (exact) mass is 329 g/mol. The second kappa shape index (κ2) is 8.39. The Bertz CT molecular complexity index is 700. The molecule has 0 atom stereocenters. The smallest absolute Gasteiger partial charge is 0.316 e. The average molecular weight is 329 g/mol. The summed E-state index contributed by atoms with van der Waals surface area (Å²) in [7, 11) is 0. The Balaban J connectivity index is 1.99. The number of amides is 1. The van der Waals surface area contributed by atoms with Gasteiger partial charge in [0, 0.05) is 16.1 Å². The van der Waals surface area contributed by atoms with Crippen LogP contribution in [0.5, 0.6) is 0 Å². The van der Waals surface area contributed by atoms with Gasteiger partial charge in [-0.3, -0.25) is 9.59 Å². The molecule has 2 aromatic rings. The normalized spacial score (nSPS) is 10.2. The molecule has 0 aliphatic heterocycles. The van der Waals surface area contributed by atoms with Gasteiger partial charge in [0.05, 0.1) is 12.4 Å². The molecule has 2 aromatic carbocycles. The zero-order chi connectivity index (χ0) is 16.7. The fraction of sp³-hybridized carbons (Fsp3) is 0.222. The van der Waals surface area contributed by atoms with Gasteiger partial charge in [0.1, 0.15) is 0 Å². The molecule has 0 saturated heterocycles. The number of esters is 1. The van der Waals surface area contributed by atoms with E-state index in [0.29, 0.717) is 17.9 Å². The summed E-state index contributed by atoms with van der Waals surface area (Å²) in [6.45, 7) is 4.11. The lowest BCUT2D eigenvalue weighted by molar-refractivity contribution is -0.139. The molecule has 1 amide bonds. The van der Waals surface area contributed by atoms with E-state index in [9.17, 15) is 9.59 Å². The number of carbonyl (C=O) groups excluding carboxylic acids is 2. The van der Waals surface area contributed by atoms with Crippen LogP contribution in [0.1, 0.15) is 22.8 Å². The minimum absolute atomic E-state index is 0.152. The van der Waals surface area contributed by atoms with Crippen LogP contribution in [0, 0.1) is 6.92 Å². The van der Waals surface area contributed by atoms with E-state index < -0.39 is 0 Å². The van der Waals surface area contributed by atoms with Gasteiger partial charge in [-0.25, -0.2) is 0 Å². The van der Waals surface area contributed by atoms with Crippen LogP contribution >= 0.6 is 11.8 Å². The molecule has 0 aliphatic carbocycles. The lowest BCUT2D eigenvalue weighted by atomic mass is 10.1. The van der Waals surface area contributed by atoms with Crippen molar-refractivity contribution < 1.29 is 14.3 Å². The van der Waals surface area contributed by atoms with Gasteiger partial charge in [0.25, 0.3) is 5.91 Å². The van der Waals surface area contributed by atoms with E-state index >= 15 is 0 Å². The van der Waals surface area contributed by atoms with Gasteiger partial charge in [0.2, 0.25) is 0 Å². The zero-order valence-electron chi connectivity index (χ0n) is 13.2. The number of hydrogen-bond acceptors (Lipinski definition) is 4. The standard InChI is InChI=1S/C18H19NO3S/c1-3-22-17(20)12-23-16-9-5-8-15(11-16)19-18(21)14-7-4-6-13(2)10-14/h4-11H,3,12H2,1-2H3,(H,19,21). The highest BCUT2D eigenvalue weighted by Crippen LogP contribution is 2.22. The van der Waals surface area contributed by atoms with E-state index in [1.54, 1.807) is 13.0 Å². The highest BCUT2D eigenvalue weighted by Gasteiger charge is 2.08. The molecule has 120 valence electrons. The molecule has 0 bridgehead atoms. The molecule has 2 rings (SSSR count). The summed E-state index contributed by atoms with van der Waals surface area (Å²) >= 11 is 1.38. The van der Waals surface area contributed by atoms with Gasteiger partial charge in [-0.05, 0) is 44.2 Å². The van der Waals surface area contributed by atoms with Gasteiger partial charge in [0.15, 0.2) is 0 Å². The van der Waals surface area contributed by atoms with Crippen LogP contribution < -0.4 is 5.32 Å². The summed E-state index contributed by atoms with van der Waals surface area (Å²) in [6.07, 6.45) is 0. The first-order valence-corrected chi connectivity index (χ1v) is 8.33. The summed E-state index contributed by atoms with van der Waals surface area (Å²) in [6, 6.07) is 14.8. The first-order chi connectivity index (χ1) is 11.1. The van der Waals surface area contributed by atoms with E-state index in [1.807, 2.05) is 49.4 Å². The Morgan fingerprint density at radius 1 is 1.13 bits per heavy atom. The van der Waals surface area contributed by atoms with Crippen molar-refractivity contribution in [3.8, 4) is 0 Å². The van der Waals surface area contributed by atoms with Crippen molar-refractivity contribution in [3.05, 3.63) is 59.7 Å². The van der Waals surface area contributed by atoms with Crippen LogP contribution in [-0.4, -0.2) is 24.2 Å². The highest BCUT2D eigenvalue weighted by molar-refractivity contribution is 8.00. The predicted octanol–water partition coefficient (Wildman–Crippen LogP) is 3.90. The van der Waals surface area contributed by atoms with Crippen LogP contribution in [0.4, 0.5) is 5.69 Å². The number of anilines is 1. The molecule has 4 nitrogen and oxygen atoms in total. The van der Waals surface area contributed by atoms with Crippen molar-refractivity contribution in [2.45, 2.75) is 18.7 Å². The first kappa shape index (κ1) is 17.1. The molecule has 0 aromatic heterocycles. The Morgan fingerprint density at radius 3 is 2.65 bits per heavy atom. The number of benzene rings is 2. The maximum atomic E-state index is 12.2. The number of aryl methyl sites for hydroxylation is 1. The molecule has 0 fully saturated rings. The van der Waals surface area contributed by atoms with Gasteiger partial charge < -0.3 is 10.1 Å². The fourth-order valence-electron chi connectivity index (χ4n) is 2.00. The van der Waals surface area contributed by atoms with Crippen molar-refractivity contribution in [2.75, 3.05) is 17.7 Å². The molecule has 1 N–H and O–H groups in total. The highest BCUT2D eigenvalue weighted by atomic mass is 32.2. The van der Waals surface area contributed by atoms with E-state index in [0.717, 1.165) is 10.5 Å². The van der Waals surface area contributed by atoms with E-state index in [-0.39, 0.29) is 17.6 Å². The Labute approximate surface area is 140 Å². The van der Waals surface area contributed by atoms with E-state index in [4.69, 9.17) is 4.74 Å². The van der Waals surface area contributed by atoms with Crippen molar-refractivity contribution in [1.82, 2.24) is 0 Å². The van der Waals surface area contributed by atoms with Gasteiger partial charge in [-0.1, -0.05) is 23.8 Å². The molecule has 0 heterocycles. The second-order valence-corrected chi connectivity index (χ2v) is 5.99. The van der Waals surface area contributed by atoms with Gasteiger partial charge in [-0.2, -0.15) is 0 Å². The minimum atomic E-state index is -0.244. The number of nitrogens with one attached hydrogen (secondary N) is 1.